The first-order chi connectivity index (χ1) is 8.65. The van der Waals surface area contributed by atoms with Crippen LogP contribution in [0.4, 0.5) is 0 Å². The molecule has 3 aromatic rings. The third-order valence-electron chi connectivity index (χ3n) is 2.69. The highest BCUT2D eigenvalue weighted by molar-refractivity contribution is 5.92. The molecule has 0 fully saturated rings. The molecule has 2 heterocycles. The fourth-order valence-corrected chi connectivity index (χ4v) is 1.75. The quantitative estimate of drug-likeness (QED) is 0.748. The molecule has 5 nitrogen and oxygen atoms in total. The monoisotopic (exact) mass is 243 g/mol. The topological polar surface area (TPSA) is 76.5 Å². The van der Waals surface area contributed by atoms with Gasteiger partial charge in [0.2, 0.25) is 0 Å². The van der Waals surface area contributed by atoms with Gasteiger partial charge in [0.25, 0.3) is 5.89 Å². The molecule has 3 rings (SSSR count). The van der Waals surface area contributed by atoms with E-state index >= 15 is 0 Å². The molecule has 0 spiro atoms. The number of aromatic carboxylic acids is 1. The van der Waals surface area contributed by atoms with E-state index < -0.39 is 5.97 Å². The Kier molecular flexibility index (Phi) is 2.19. The van der Waals surface area contributed by atoms with Gasteiger partial charge in [0.1, 0.15) is 5.52 Å². The number of carboxylic acid groups (broad SMARTS) is 1. The summed E-state index contributed by atoms with van der Waals surface area (Å²) in [4.78, 5) is 15.1. The summed E-state index contributed by atoms with van der Waals surface area (Å²) in [6.45, 7) is 1.89. The highest BCUT2D eigenvalue weighted by atomic mass is 16.4. The number of hydrogen-bond acceptors (Lipinski definition) is 4. The van der Waals surface area contributed by atoms with Crippen LogP contribution in [0.1, 0.15) is 15.9 Å². The minimum atomic E-state index is -0.996. The molecule has 2 aromatic heterocycles. The molecule has 0 bridgehead atoms. The van der Waals surface area contributed by atoms with Gasteiger partial charge in [-0.1, -0.05) is 0 Å². The number of nitrogens with zero attached hydrogens (tertiary/aromatic N) is 1. The number of aromatic nitrogens is 1. The molecule has 90 valence electrons. The van der Waals surface area contributed by atoms with Crippen molar-refractivity contribution in [2.75, 3.05) is 0 Å². The van der Waals surface area contributed by atoms with Gasteiger partial charge in [-0.3, -0.25) is 0 Å². The molecule has 0 aliphatic rings. The van der Waals surface area contributed by atoms with Crippen LogP contribution < -0.4 is 0 Å². The minimum Gasteiger partial charge on any atom is -0.478 e. The van der Waals surface area contributed by atoms with Gasteiger partial charge in [-0.15, -0.1) is 0 Å². The lowest BCUT2D eigenvalue weighted by Gasteiger charge is -1.91. The lowest BCUT2D eigenvalue weighted by Crippen LogP contribution is -1.94. The van der Waals surface area contributed by atoms with Gasteiger partial charge in [0.05, 0.1) is 11.8 Å². The van der Waals surface area contributed by atoms with Crippen molar-refractivity contribution in [1.82, 2.24) is 4.98 Å². The van der Waals surface area contributed by atoms with Crippen LogP contribution in [-0.4, -0.2) is 16.1 Å². The zero-order chi connectivity index (χ0) is 12.7. The number of oxazole rings is 1. The SMILES string of the molecule is Cc1ccoc1-c1nc2ccc(C(=O)O)cc2o1. The fourth-order valence-electron chi connectivity index (χ4n) is 1.75. The van der Waals surface area contributed by atoms with Crippen molar-refractivity contribution in [3.8, 4) is 11.7 Å². The van der Waals surface area contributed by atoms with E-state index in [1.54, 1.807) is 12.3 Å². The summed E-state index contributed by atoms with van der Waals surface area (Å²) < 4.78 is 10.8. The van der Waals surface area contributed by atoms with Crippen LogP contribution in [0, 0.1) is 6.92 Å². The maximum absolute atomic E-state index is 10.9. The van der Waals surface area contributed by atoms with Crippen LogP contribution in [-0.2, 0) is 0 Å². The number of fused-ring (bicyclic) bond motifs is 1. The number of furan rings is 1. The Bertz CT molecular complexity index is 738. The standard InChI is InChI=1S/C13H9NO4/c1-7-4-5-17-11(7)12-14-9-3-2-8(13(15)16)6-10(9)18-12/h2-6H,1H3,(H,15,16). The van der Waals surface area contributed by atoms with Gasteiger partial charge >= 0.3 is 5.97 Å². The molecule has 0 saturated heterocycles. The normalized spacial score (nSPS) is 10.9. The van der Waals surface area contributed by atoms with Gasteiger partial charge in [0.15, 0.2) is 11.3 Å². The highest BCUT2D eigenvalue weighted by Crippen LogP contribution is 2.27. The van der Waals surface area contributed by atoms with Gasteiger partial charge in [-0.25, -0.2) is 9.78 Å². The van der Waals surface area contributed by atoms with Gasteiger partial charge in [0, 0.05) is 5.56 Å². The summed E-state index contributed by atoms with van der Waals surface area (Å²) in [5.41, 5.74) is 2.12. The third kappa shape index (κ3) is 1.57. The second kappa shape index (κ2) is 3.73. The molecular weight excluding hydrogens is 234 g/mol. The van der Waals surface area contributed by atoms with Crippen molar-refractivity contribution in [3.63, 3.8) is 0 Å². The van der Waals surface area contributed by atoms with E-state index in [0.29, 0.717) is 22.8 Å². The van der Waals surface area contributed by atoms with Crippen molar-refractivity contribution in [2.24, 2.45) is 0 Å². The Morgan fingerprint density at radius 2 is 2.17 bits per heavy atom. The molecule has 18 heavy (non-hydrogen) atoms. The second-order valence-corrected chi connectivity index (χ2v) is 3.94. The van der Waals surface area contributed by atoms with Crippen molar-refractivity contribution < 1.29 is 18.7 Å². The Balaban J connectivity index is 2.17. The number of carboxylic acids is 1. The van der Waals surface area contributed by atoms with E-state index in [-0.39, 0.29) is 5.56 Å². The number of hydrogen-bond donors (Lipinski definition) is 1. The second-order valence-electron chi connectivity index (χ2n) is 3.94. The van der Waals surface area contributed by atoms with Crippen LogP contribution in [0.5, 0.6) is 0 Å². The smallest absolute Gasteiger partial charge is 0.335 e. The Labute approximate surface area is 102 Å². The largest absolute Gasteiger partial charge is 0.478 e. The summed E-state index contributed by atoms with van der Waals surface area (Å²) in [6.07, 6.45) is 1.56. The Morgan fingerprint density at radius 1 is 1.33 bits per heavy atom. The predicted molar refractivity (Wildman–Crippen MR) is 63.4 cm³/mol. The van der Waals surface area contributed by atoms with Crippen molar-refractivity contribution in [1.29, 1.82) is 0 Å². The number of rotatable bonds is 2. The zero-order valence-electron chi connectivity index (χ0n) is 9.51. The number of benzene rings is 1. The number of carbonyl (C=O) groups is 1. The summed E-state index contributed by atoms with van der Waals surface area (Å²) in [6, 6.07) is 6.37. The first kappa shape index (κ1) is 10.6. The summed E-state index contributed by atoms with van der Waals surface area (Å²) in [5, 5.41) is 8.90. The molecule has 0 saturated carbocycles. The maximum Gasteiger partial charge on any atom is 0.335 e. The number of aryl methyl sites for hydroxylation is 1. The van der Waals surface area contributed by atoms with E-state index in [2.05, 4.69) is 4.98 Å². The zero-order valence-corrected chi connectivity index (χ0v) is 9.51. The molecule has 0 aliphatic heterocycles. The molecule has 0 aliphatic carbocycles. The average molecular weight is 243 g/mol. The lowest BCUT2D eigenvalue weighted by molar-refractivity contribution is 0.0697. The van der Waals surface area contributed by atoms with Crippen LogP contribution in [0.25, 0.3) is 22.8 Å². The van der Waals surface area contributed by atoms with Crippen molar-refractivity contribution >= 4 is 17.1 Å². The summed E-state index contributed by atoms with van der Waals surface area (Å²) in [5.74, 6) is -0.0813. The van der Waals surface area contributed by atoms with E-state index in [1.807, 2.05) is 13.0 Å². The summed E-state index contributed by atoms with van der Waals surface area (Å²) >= 11 is 0. The molecule has 5 heteroatoms. The summed E-state index contributed by atoms with van der Waals surface area (Å²) in [7, 11) is 0. The Hall–Kier alpha value is -2.56. The van der Waals surface area contributed by atoms with Gasteiger partial charge in [-0.05, 0) is 31.2 Å². The molecule has 0 radical (unpaired) electrons. The fraction of sp³-hybridized carbons (Fsp3) is 0.0769. The van der Waals surface area contributed by atoms with E-state index in [0.717, 1.165) is 5.56 Å². The maximum atomic E-state index is 10.9. The van der Waals surface area contributed by atoms with Crippen LogP contribution in [0.15, 0.2) is 39.4 Å². The predicted octanol–water partition coefficient (Wildman–Crippen LogP) is 3.09. The van der Waals surface area contributed by atoms with Crippen LogP contribution in [0.2, 0.25) is 0 Å². The van der Waals surface area contributed by atoms with E-state index in [9.17, 15) is 4.79 Å². The third-order valence-corrected chi connectivity index (χ3v) is 2.69. The van der Waals surface area contributed by atoms with E-state index in [4.69, 9.17) is 13.9 Å². The van der Waals surface area contributed by atoms with Crippen molar-refractivity contribution in [2.45, 2.75) is 6.92 Å². The van der Waals surface area contributed by atoms with Crippen LogP contribution in [0.3, 0.4) is 0 Å². The van der Waals surface area contributed by atoms with Crippen LogP contribution >= 0.6 is 0 Å². The van der Waals surface area contributed by atoms with E-state index in [1.165, 1.54) is 12.1 Å². The van der Waals surface area contributed by atoms with Crippen molar-refractivity contribution in [3.05, 3.63) is 41.7 Å². The molecule has 1 aromatic carbocycles. The highest BCUT2D eigenvalue weighted by Gasteiger charge is 2.14. The minimum absolute atomic E-state index is 0.168. The van der Waals surface area contributed by atoms with Gasteiger partial charge < -0.3 is 13.9 Å². The molecule has 1 N–H and O–H groups in total. The van der Waals surface area contributed by atoms with Gasteiger partial charge in [-0.2, -0.15) is 0 Å². The first-order valence-electron chi connectivity index (χ1n) is 5.33. The molecule has 0 unspecified atom stereocenters. The first-order valence-corrected chi connectivity index (χ1v) is 5.33. The molecular formula is C13H9NO4. The average Bonchev–Trinajstić information content (AvgIpc) is 2.92. The lowest BCUT2D eigenvalue weighted by atomic mass is 10.2. The molecule has 0 amide bonds. The Morgan fingerprint density at radius 3 is 2.83 bits per heavy atom. The molecule has 0 atom stereocenters.